The summed E-state index contributed by atoms with van der Waals surface area (Å²) in [6.45, 7) is 2.11. The molecule has 100 valence electrons. The Hall–Kier alpha value is -1.22. The predicted octanol–water partition coefficient (Wildman–Crippen LogP) is 4.16. The third-order valence-electron chi connectivity index (χ3n) is 2.54. The van der Waals surface area contributed by atoms with Crippen molar-refractivity contribution < 1.29 is 4.74 Å². The zero-order valence-electron chi connectivity index (χ0n) is 10.4. The van der Waals surface area contributed by atoms with E-state index in [2.05, 4.69) is 5.32 Å². The third-order valence-corrected chi connectivity index (χ3v) is 2.98. The first-order chi connectivity index (χ1) is 9.24. The second-order valence-corrected chi connectivity index (χ2v) is 4.99. The Morgan fingerprint density at radius 1 is 0.947 bits per heavy atom. The van der Waals surface area contributed by atoms with Gasteiger partial charge in [-0.3, -0.25) is 0 Å². The number of hydrogen-bond acceptors (Lipinski definition) is 2. The van der Waals surface area contributed by atoms with E-state index in [0.717, 1.165) is 24.4 Å². The van der Waals surface area contributed by atoms with Crippen molar-refractivity contribution >= 4 is 23.2 Å². The first-order valence-electron chi connectivity index (χ1n) is 6.07. The molecule has 0 aliphatic heterocycles. The van der Waals surface area contributed by atoms with Crippen molar-refractivity contribution in [1.29, 1.82) is 0 Å². The second-order valence-electron chi connectivity index (χ2n) is 4.12. The molecule has 0 atom stereocenters. The van der Waals surface area contributed by atoms with Crippen LogP contribution in [0, 0.1) is 0 Å². The Labute approximate surface area is 123 Å². The normalized spacial score (nSPS) is 10.4. The molecule has 0 fully saturated rings. The molecule has 0 spiro atoms. The zero-order valence-corrected chi connectivity index (χ0v) is 11.9. The molecule has 2 aromatic carbocycles. The highest BCUT2D eigenvalue weighted by molar-refractivity contribution is 6.34. The van der Waals surface area contributed by atoms with Crippen LogP contribution < -0.4 is 10.1 Å². The van der Waals surface area contributed by atoms with Crippen LogP contribution in [-0.2, 0) is 6.54 Å². The lowest BCUT2D eigenvalue weighted by molar-refractivity contribution is 0.313. The molecule has 19 heavy (non-hydrogen) atoms. The second kappa shape index (κ2) is 7.39. The fourth-order valence-corrected chi connectivity index (χ4v) is 2.27. The summed E-state index contributed by atoms with van der Waals surface area (Å²) in [6.07, 6.45) is 0. The van der Waals surface area contributed by atoms with E-state index in [1.54, 1.807) is 6.07 Å². The Bertz CT molecular complexity index is 497. The van der Waals surface area contributed by atoms with Crippen molar-refractivity contribution in [2.24, 2.45) is 0 Å². The van der Waals surface area contributed by atoms with E-state index in [1.165, 1.54) is 0 Å². The van der Waals surface area contributed by atoms with Crippen LogP contribution >= 0.6 is 23.2 Å². The van der Waals surface area contributed by atoms with Gasteiger partial charge in [-0.25, -0.2) is 0 Å². The quantitative estimate of drug-likeness (QED) is 0.808. The number of hydrogen-bond donors (Lipinski definition) is 1. The monoisotopic (exact) mass is 295 g/mol. The van der Waals surface area contributed by atoms with Gasteiger partial charge < -0.3 is 10.1 Å². The van der Waals surface area contributed by atoms with Gasteiger partial charge in [0.2, 0.25) is 0 Å². The molecule has 0 amide bonds. The Morgan fingerprint density at radius 2 is 1.63 bits per heavy atom. The molecule has 2 rings (SSSR count). The molecule has 0 unspecified atom stereocenters. The van der Waals surface area contributed by atoms with Crippen molar-refractivity contribution in [2.75, 3.05) is 13.2 Å². The van der Waals surface area contributed by atoms with E-state index in [4.69, 9.17) is 27.9 Å². The summed E-state index contributed by atoms with van der Waals surface area (Å²) in [4.78, 5) is 0. The minimum absolute atomic E-state index is 0.623. The van der Waals surface area contributed by atoms with Gasteiger partial charge in [-0.15, -0.1) is 0 Å². The minimum Gasteiger partial charge on any atom is -0.492 e. The summed E-state index contributed by atoms with van der Waals surface area (Å²) in [5, 5.41) is 4.60. The molecule has 0 aliphatic rings. The molecule has 4 heteroatoms. The number of para-hydroxylation sites is 1. The van der Waals surface area contributed by atoms with Crippen LogP contribution in [0.3, 0.4) is 0 Å². The molecule has 0 radical (unpaired) electrons. The fourth-order valence-electron chi connectivity index (χ4n) is 1.70. The predicted molar refractivity (Wildman–Crippen MR) is 80.1 cm³/mol. The van der Waals surface area contributed by atoms with Gasteiger partial charge in [-0.05, 0) is 35.9 Å². The molecule has 0 saturated heterocycles. The van der Waals surface area contributed by atoms with Crippen LogP contribution in [0.4, 0.5) is 0 Å². The van der Waals surface area contributed by atoms with Crippen LogP contribution in [0.25, 0.3) is 0 Å². The maximum atomic E-state index is 5.93. The molecule has 0 bridgehead atoms. The van der Waals surface area contributed by atoms with E-state index >= 15 is 0 Å². The standard InChI is InChI=1S/C15H15Cl2NO/c16-13-8-12(9-14(17)10-13)11-18-6-7-19-15-4-2-1-3-5-15/h1-5,8-10,18H,6-7,11H2. The summed E-state index contributed by atoms with van der Waals surface area (Å²) in [6, 6.07) is 15.3. The van der Waals surface area contributed by atoms with Crippen LogP contribution in [0.1, 0.15) is 5.56 Å². The summed E-state index contributed by atoms with van der Waals surface area (Å²) in [5.74, 6) is 0.884. The van der Waals surface area contributed by atoms with E-state index in [9.17, 15) is 0 Å². The van der Waals surface area contributed by atoms with E-state index in [-0.39, 0.29) is 0 Å². The van der Waals surface area contributed by atoms with E-state index < -0.39 is 0 Å². The molecule has 1 N–H and O–H groups in total. The van der Waals surface area contributed by atoms with Crippen molar-refractivity contribution in [2.45, 2.75) is 6.54 Å². The first-order valence-corrected chi connectivity index (χ1v) is 6.83. The van der Waals surface area contributed by atoms with Crippen LogP contribution in [0.15, 0.2) is 48.5 Å². The van der Waals surface area contributed by atoms with E-state index in [1.807, 2.05) is 42.5 Å². The highest BCUT2D eigenvalue weighted by Gasteiger charge is 1.98. The first kappa shape index (κ1) is 14.2. The lowest BCUT2D eigenvalue weighted by Gasteiger charge is -2.08. The molecule has 0 heterocycles. The van der Waals surface area contributed by atoms with Gasteiger partial charge in [0.1, 0.15) is 12.4 Å². The maximum Gasteiger partial charge on any atom is 0.119 e. The van der Waals surface area contributed by atoms with Crippen molar-refractivity contribution in [3.05, 3.63) is 64.1 Å². The summed E-state index contributed by atoms with van der Waals surface area (Å²) >= 11 is 11.9. The number of halogens is 2. The van der Waals surface area contributed by atoms with Crippen LogP contribution in [0.5, 0.6) is 5.75 Å². The molecular formula is C15H15Cl2NO. The molecule has 0 saturated carbocycles. The van der Waals surface area contributed by atoms with Crippen molar-refractivity contribution in [1.82, 2.24) is 5.32 Å². The van der Waals surface area contributed by atoms with Crippen molar-refractivity contribution in [3.8, 4) is 5.75 Å². The average Bonchev–Trinajstić information content (AvgIpc) is 2.38. The molecular weight excluding hydrogens is 281 g/mol. The summed E-state index contributed by atoms with van der Waals surface area (Å²) in [7, 11) is 0. The Kier molecular flexibility index (Phi) is 5.52. The van der Waals surface area contributed by atoms with Gasteiger partial charge in [-0.1, -0.05) is 41.4 Å². The van der Waals surface area contributed by atoms with Gasteiger partial charge in [0.05, 0.1) is 0 Å². The fraction of sp³-hybridized carbons (Fsp3) is 0.200. The van der Waals surface area contributed by atoms with Crippen LogP contribution in [-0.4, -0.2) is 13.2 Å². The lowest BCUT2D eigenvalue weighted by atomic mass is 10.2. The summed E-state index contributed by atoms with van der Waals surface area (Å²) < 4.78 is 5.58. The maximum absolute atomic E-state index is 5.93. The Morgan fingerprint density at radius 3 is 2.32 bits per heavy atom. The number of nitrogens with one attached hydrogen (secondary N) is 1. The molecule has 2 aromatic rings. The average molecular weight is 296 g/mol. The minimum atomic E-state index is 0.623. The largest absolute Gasteiger partial charge is 0.492 e. The number of ether oxygens (including phenoxy) is 1. The van der Waals surface area contributed by atoms with Gasteiger partial charge in [0.25, 0.3) is 0 Å². The molecule has 0 aliphatic carbocycles. The SMILES string of the molecule is Clc1cc(Cl)cc(CNCCOc2ccccc2)c1. The highest BCUT2D eigenvalue weighted by Crippen LogP contribution is 2.18. The summed E-state index contributed by atoms with van der Waals surface area (Å²) in [5.41, 5.74) is 1.07. The number of benzene rings is 2. The highest BCUT2D eigenvalue weighted by atomic mass is 35.5. The zero-order chi connectivity index (χ0) is 13.5. The smallest absolute Gasteiger partial charge is 0.119 e. The molecule has 2 nitrogen and oxygen atoms in total. The van der Waals surface area contributed by atoms with Gasteiger partial charge >= 0.3 is 0 Å². The topological polar surface area (TPSA) is 21.3 Å². The Balaban J connectivity index is 1.69. The van der Waals surface area contributed by atoms with Crippen LogP contribution in [0.2, 0.25) is 10.0 Å². The number of rotatable bonds is 6. The van der Waals surface area contributed by atoms with E-state index in [0.29, 0.717) is 16.7 Å². The lowest BCUT2D eigenvalue weighted by Crippen LogP contribution is -2.20. The van der Waals surface area contributed by atoms with Crippen molar-refractivity contribution in [3.63, 3.8) is 0 Å². The van der Waals surface area contributed by atoms with Gasteiger partial charge in [0, 0.05) is 23.1 Å². The third kappa shape index (κ3) is 5.11. The molecule has 0 aromatic heterocycles. The van der Waals surface area contributed by atoms with Gasteiger partial charge in [-0.2, -0.15) is 0 Å². The van der Waals surface area contributed by atoms with Gasteiger partial charge in [0.15, 0.2) is 0 Å².